The first-order chi connectivity index (χ1) is 8.75. The first-order valence-electron chi connectivity index (χ1n) is 5.74. The van der Waals surface area contributed by atoms with Crippen LogP contribution in [0.3, 0.4) is 0 Å². The van der Waals surface area contributed by atoms with Gasteiger partial charge in [0.15, 0.2) is 0 Å². The molecule has 4 nitrogen and oxygen atoms in total. The smallest absolute Gasteiger partial charge is 0.307 e. The Kier molecular flexibility index (Phi) is 3.04. The van der Waals surface area contributed by atoms with E-state index < -0.39 is 40.8 Å². The fourth-order valence-electron chi connectivity index (χ4n) is 2.39. The lowest BCUT2D eigenvalue weighted by molar-refractivity contribution is -0.140. The summed E-state index contributed by atoms with van der Waals surface area (Å²) in [5.74, 6) is -4.75. The van der Waals surface area contributed by atoms with Gasteiger partial charge in [0.2, 0.25) is 5.91 Å². The second kappa shape index (κ2) is 4.29. The Morgan fingerprint density at radius 1 is 1.26 bits per heavy atom. The largest absolute Gasteiger partial charge is 0.481 e. The monoisotopic (exact) mass is 269 g/mol. The van der Waals surface area contributed by atoms with Gasteiger partial charge in [-0.2, -0.15) is 0 Å². The van der Waals surface area contributed by atoms with E-state index >= 15 is 0 Å². The van der Waals surface area contributed by atoms with E-state index in [-0.39, 0.29) is 5.69 Å². The van der Waals surface area contributed by atoms with Crippen molar-refractivity contribution in [3.8, 4) is 0 Å². The molecule has 2 atom stereocenters. The summed E-state index contributed by atoms with van der Waals surface area (Å²) in [5, 5.41) is 11.3. The number of rotatable bonds is 3. The fraction of sp³-hybridized carbons (Fsp3) is 0.385. The Hall–Kier alpha value is -1.98. The zero-order chi connectivity index (χ0) is 14.4. The molecule has 0 aromatic heterocycles. The van der Waals surface area contributed by atoms with Gasteiger partial charge in [-0.15, -0.1) is 0 Å². The van der Waals surface area contributed by atoms with Crippen LogP contribution in [0.1, 0.15) is 13.8 Å². The number of carboxylic acids is 1. The summed E-state index contributed by atoms with van der Waals surface area (Å²) in [6.45, 7) is 3.33. The molecule has 0 aliphatic heterocycles. The van der Waals surface area contributed by atoms with Crippen LogP contribution in [0.25, 0.3) is 0 Å². The van der Waals surface area contributed by atoms with Crippen LogP contribution in [0.15, 0.2) is 18.2 Å². The van der Waals surface area contributed by atoms with Crippen LogP contribution in [0.2, 0.25) is 0 Å². The number of benzene rings is 1. The van der Waals surface area contributed by atoms with Gasteiger partial charge in [0.1, 0.15) is 11.6 Å². The van der Waals surface area contributed by atoms with Crippen molar-refractivity contribution in [2.24, 2.45) is 17.3 Å². The summed E-state index contributed by atoms with van der Waals surface area (Å²) >= 11 is 0. The average molecular weight is 269 g/mol. The van der Waals surface area contributed by atoms with Gasteiger partial charge in [-0.05, 0) is 17.5 Å². The highest BCUT2D eigenvalue weighted by molar-refractivity contribution is 5.99. The molecule has 0 heterocycles. The standard InChI is InChI=1S/C13H13F2NO3/c1-13(2)9(10(13)12(18)19)11(17)16-8-4-3-6(14)5-7(8)15/h3-5,9-10H,1-2H3,(H,16,17)(H,18,19)/t9-,10+/m1/s1. The number of anilines is 1. The predicted octanol–water partition coefficient (Wildman–Crippen LogP) is 2.26. The molecule has 0 radical (unpaired) electrons. The minimum absolute atomic E-state index is 0.154. The highest BCUT2D eigenvalue weighted by atomic mass is 19.1. The molecule has 1 aliphatic carbocycles. The number of hydrogen-bond acceptors (Lipinski definition) is 2. The molecule has 1 saturated carbocycles. The zero-order valence-electron chi connectivity index (χ0n) is 10.4. The Morgan fingerprint density at radius 2 is 1.89 bits per heavy atom. The van der Waals surface area contributed by atoms with Crippen molar-refractivity contribution in [2.75, 3.05) is 5.32 Å². The molecule has 0 bridgehead atoms. The van der Waals surface area contributed by atoms with Crippen LogP contribution >= 0.6 is 0 Å². The number of halogens is 2. The quantitative estimate of drug-likeness (QED) is 0.884. The maximum atomic E-state index is 13.4. The minimum atomic E-state index is -1.05. The number of carbonyl (C=O) groups is 2. The summed E-state index contributed by atoms with van der Waals surface area (Å²) < 4.78 is 26.1. The lowest BCUT2D eigenvalue weighted by Gasteiger charge is -2.07. The van der Waals surface area contributed by atoms with Gasteiger partial charge < -0.3 is 10.4 Å². The number of aliphatic carboxylic acids is 1. The van der Waals surface area contributed by atoms with Crippen molar-refractivity contribution in [2.45, 2.75) is 13.8 Å². The summed E-state index contributed by atoms with van der Waals surface area (Å²) in [4.78, 5) is 22.9. The molecule has 2 N–H and O–H groups in total. The van der Waals surface area contributed by atoms with E-state index in [0.29, 0.717) is 6.07 Å². The molecule has 6 heteroatoms. The molecule has 0 saturated heterocycles. The number of nitrogens with one attached hydrogen (secondary N) is 1. The summed E-state index contributed by atoms with van der Waals surface area (Å²) in [5.41, 5.74) is -0.815. The predicted molar refractivity (Wildman–Crippen MR) is 63.4 cm³/mol. The second-order valence-electron chi connectivity index (χ2n) is 5.23. The minimum Gasteiger partial charge on any atom is -0.481 e. The lowest BCUT2D eigenvalue weighted by Crippen LogP contribution is -2.18. The fourth-order valence-corrected chi connectivity index (χ4v) is 2.39. The van der Waals surface area contributed by atoms with Crippen LogP contribution in [-0.2, 0) is 9.59 Å². The summed E-state index contributed by atoms with van der Waals surface area (Å²) in [6.07, 6.45) is 0. The Morgan fingerprint density at radius 3 is 2.37 bits per heavy atom. The van der Waals surface area contributed by atoms with Crippen LogP contribution in [0.4, 0.5) is 14.5 Å². The maximum absolute atomic E-state index is 13.4. The van der Waals surface area contributed by atoms with Crippen molar-refractivity contribution in [3.05, 3.63) is 29.8 Å². The van der Waals surface area contributed by atoms with Gasteiger partial charge in [0.05, 0.1) is 17.5 Å². The number of amides is 1. The Labute approximate surface area is 108 Å². The second-order valence-corrected chi connectivity index (χ2v) is 5.23. The SMILES string of the molecule is CC1(C)[C@H](C(=O)O)[C@@H]1C(=O)Nc1ccc(F)cc1F. The van der Waals surface area contributed by atoms with E-state index in [1.807, 2.05) is 0 Å². The molecule has 102 valence electrons. The van der Waals surface area contributed by atoms with Crippen LogP contribution < -0.4 is 5.32 Å². The van der Waals surface area contributed by atoms with Crippen molar-refractivity contribution in [1.82, 2.24) is 0 Å². The average Bonchev–Trinajstić information content (AvgIpc) is 2.86. The summed E-state index contributed by atoms with van der Waals surface area (Å²) in [6, 6.07) is 2.78. The maximum Gasteiger partial charge on any atom is 0.307 e. The third-order valence-corrected chi connectivity index (χ3v) is 3.56. The highest BCUT2D eigenvalue weighted by Crippen LogP contribution is 2.58. The number of carbonyl (C=O) groups excluding carboxylic acids is 1. The van der Waals surface area contributed by atoms with E-state index in [0.717, 1.165) is 12.1 Å². The topological polar surface area (TPSA) is 66.4 Å². The third-order valence-electron chi connectivity index (χ3n) is 3.56. The molecule has 1 aromatic carbocycles. The van der Waals surface area contributed by atoms with Crippen LogP contribution in [0, 0.1) is 28.9 Å². The molecule has 1 aromatic rings. The van der Waals surface area contributed by atoms with Gasteiger partial charge in [0, 0.05) is 6.07 Å². The number of hydrogen-bond donors (Lipinski definition) is 2. The van der Waals surface area contributed by atoms with Gasteiger partial charge in [-0.25, -0.2) is 8.78 Å². The molecule has 0 unspecified atom stereocenters. The van der Waals surface area contributed by atoms with E-state index in [4.69, 9.17) is 5.11 Å². The Bertz CT molecular complexity index is 557. The van der Waals surface area contributed by atoms with Crippen LogP contribution in [0.5, 0.6) is 0 Å². The molecule has 1 amide bonds. The molecule has 1 aliphatic rings. The lowest BCUT2D eigenvalue weighted by atomic mass is 10.1. The third kappa shape index (κ3) is 2.30. The van der Waals surface area contributed by atoms with Crippen molar-refractivity contribution in [3.63, 3.8) is 0 Å². The molecular formula is C13H13F2NO3. The van der Waals surface area contributed by atoms with Crippen molar-refractivity contribution in [1.29, 1.82) is 0 Å². The van der Waals surface area contributed by atoms with Gasteiger partial charge >= 0.3 is 5.97 Å². The zero-order valence-corrected chi connectivity index (χ0v) is 10.4. The first kappa shape index (κ1) is 13.5. The molecule has 19 heavy (non-hydrogen) atoms. The van der Waals surface area contributed by atoms with Crippen molar-refractivity contribution < 1.29 is 23.5 Å². The van der Waals surface area contributed by atoms with E-state index in [1.165, 1.54) is 0 Å². The van der Waals surface area contributed by atoms with Gasteiger partial charge in [0.25, 0.3) is 0 Å². The summed E-state index contributed by atoms with van der Waals surface area (Å²) in [7, 11) is 0. The van der Waals surface area contributed by atoms with Crippen molar-refractivity contribution >= 4 is 17.6 Å². The van der Waals surface area contributed by atoms with E-state index in [2.05, 4.69) is 5.32 Å². The number of carboxylic acid groups (broad SMARTS) is 1. The normalized spacial score (nSPS) is 23.8. The molecule has 0 spiro atoms. The molecular weight excluding hydrogens is 256 g/mol. The van der Waals surface area contributed by atoms with Gasteiger partial charge in [-0.1, -0.05) is 13.8 Å². The van der Waals surface area contributed by atoms with Crippen LogP contribution in [-0.4, -0.2) is 17.0 Å². The molecule has 1 fully saturated rings. The van der Waals surface area contributed by atoms with E-state index in [1.54, 1.807) is 13.8 Å². The van der Waals surface area contributed by atoms with Gasteiger partial charge in [-0.3, -0.25) is 9.59 Å². The highest BCUT2D eigenvalue weighted by Gasteiger charge is 2.65. The first-order valence-corrected chi connectivity index (χ1v) is 5.74. The van der Waals surface area contributed by atoms with E-state index in [9.17, 15) is 18.4 Å². The molecule has 2 rings (SSSR count). The Balaban J connectivity index is 2.13.